The molecule has 43 heavy (non-hydrogen) atoms. The molecule has 2 aromatic heterocycles. The van der Waals surface area contributed by atoms with E-state index in [0.29, 0.717) is 70.0 Å². The van der Waals surface area contributed by atoms with Gasteiger partial charge >= 0.3 is 6.01 Å². The van der Waals surface area contributed by atoms with Crippen LogP contribution in [0, 0.1) is 12.3 Å². The highest BCUT2D eigenvalue weighted by Gasteiger charge is 2.28. The summed E-state index contributed by atoms with van der Waals surface area (Å²) < 4.78 is 36.1. The van der Waals surface area contributed by atoms with Crippen molar-refractivity contribution >= 4 is 39.9 Å². The molecule has 3 heterocycles. The van der Waals surface area contributed by atoms with Crippen LogP contribution in [0.4, 0.5) is 14.6 Å². The van der Waals surface area contributed by atoms with Crippen molar-refractivity contribution in [3.05, 3.63) is 57.5 Å². The Balaban J connectivity index is 1.79. The Morgan fingerprint density at radius 2 is 1.93 bits per heavy atom. The van der Waals surface area contributed by atoms with Gasteiger partial charge in [0.25, 0.3) is 6.43 Å². The maximum Gasteiger partial charge on any atom is 0.316 e. The minimum absolute atomic E-state index is 0.0624. The largest absolute Gasteiger partial charge is 0.491 e. The van der Waals surface area contributed by atoms with Gasteiger partial charge in [-0.05, 0) is 39.1 Å². The number of benzene rings is 1. The summed E-state index contributed by atoms with van der Waals surface area (Å²) in [5.74, 6) is 1.30. The van der Waals surface area contributed by atoms with Crippen molar-refractivity contribution < 1.29 is 23.4 Å². The number of alkyl halides is 2. The Hall–Kier alpha value is -3.65. The molecule has 0 bridgehead atoms. The zero-order valence-corrected chi connectivity index (χ0v) is 25.5. The van der Waals surface area contributed by atoms with E-state index in [-0.39, 0.29) is 23.6 Å². The van der Waals surface area contributed by atoms with Gasteiger partial charge in [-0.3, -0.25) is 5.41 Å². The number of halogens is 4. The highest BCUT2D eigenvalue weighted by atomic mass is 35.5. The van der Waals surface area contributed by atoms with E-state index >= 15 is 0 Å². The molecule has 11 nitrogen and oxygen atoms in total. The Kier molecular flexibility index (Phi) is 10.7. The maximum atomic E-state index is 12.6. The van der Waals surface area contributed by atoms with Crippen molar-refractivity contribution in [1.82, 2.24) is 30.6 Å². The molecule has 0 spiro atoms. The molecule has 0 saturated heterocycles. The SMILES string of the molecule is CNC[C@@H](O)COc1ccc(Cl)c(-c2nc(/C(NC)=C(\C)C(=N)Cl)c(C)c(N3Cc4cnc(OCC(F)F)nc4C3)n2)c1. The molecular weight excluding hydrogens is 605 g/mol. The van der Waals surface area contributed by atoms with Gasteiger partial charge < -0.3 is 30.1 Å². The number of nitrogens with zero attached hydrogens (tertiary/aromatic N) is 5. The number of nitrogens with one attached hydrogen (secondary N) is 3. The average Bonchev–Trinajstić information content (AvgIpc) is 3.40. The quantitative estimate of drug-likeness (QED) is 0.202. The molecule has 4 N–H and O–H groups in total. The molecule has 1 aliphatic rings. The summed E-state index contributed by atoms with van der Waals surface area (Å²) in [6, 6.07) is 4.93. The van der Waals surface area contributed by atoms with Crippen LogP contribution in [0.15, 0.2) is 30.0 Å². The van der Waals surface area contributed by atoms with Crippen LogP contribution in [0.1, 0.15) is 29.4 Å². The Bertz CT molecular complexity index is 1530. The number of aliphatic hydroxyl groups is 1. The van der Waals surface area contributed by atoms with E-state index in [1.54, 1.807) is 45.4 Å². The number of aromatic nitrogens is 4. The minimum Gasteiger partial charge on any atom is -0.491 e. The van der Waals surface area contributed by atoms with Gasteiger partial charge in [0.15, 0.2) is 12.4 Å². The number of hydrogen-bond acceptors (Lipinski definition) is 11. The molecule has 0 aliphatic carbocycles. The second kappa shape index (κ2) is 14.2. The first-order chi connectivity index (χ1) is 20.5. The van der Waals surface area contributed by atoms with E-state index in [4.69, 9.17) is 48.1 Å². The molecular formula is C28H32Cl2F2N8O3. The lowest BCUT2D eigenvalue weighted by Gasteiger charge is -2.23. The van der Waals surface area contributed by atoms with Crippen LogP contribution in [0.3, 0.4) is 0 Å². The second-order valence-corrected chi connectivity index (χ2v) is 10.5. The van der Waals surface area contributed by atoms with Gasteiger partial charge in [-0.1, -0.05) is 23.2 Å². The van der Waals surface area contributed by atoms with Crippen LogP contribution in [0.25, 0.3) is 17.1 Å². The Morgan fingerprint density at radius 1 is 1.16 bits per heavy atom. The number of rotatable bonds is 13. The normalized spacial score (nSPS) is 14.0. The third-order valence-corrected chi connectivity index (χ3v) is 7.26. The van der Waals surface area contributed by atoms with E-state index in [9.17, 15) is 13.9 Å². The molecule has 4 rings (SSSR count). The molecule has 1 aliphatic heterocycles. The molecule has 1 atom stereocenters. The summed E-state index contributed by atoms with van der Waals surface area (Å²) in [7, 11) is 3.44. The molecule has 0 fully saturated rings. The van der Waals surface area contributed by atoms with Crippen molar-refractivity contribution in [1.29, 1.82) is 5.41 Å². The number of likely N-dealkylation sites (N-methyl/N-ethyl adjacent to an activating group) is 1. The molecule has 0 unspecified atom stereocenters. The second-order valence-electron chi connectivity index (χ2n) is 9.76. The lowest BCUT2D eigenvalue weighted by molar-refractivity contribution is 0.0769. The third kappa shape index (κ3) is 7.66. The van der Waals surface area contributed by atoms with E-state index < -0.39 is 19.1 Å². The summed E-state index contributed by atoms with van der Waals surface area (Å²) in [4.78, 5) is 20.1. The van der Waals surface area contributed by atoms with Gasteiger partial charge in [0.05, 0.1) is 28.7 Å². The number of hydrogen-bond donors (Lipinski definition) is 4. The third-order valence-electron chi connectivity index (χ3n) is 6.64. The highest BCUT2D eigenvalue weighted by molar-refractivity contribution is 6.69. The van der Waals surface area contributed by atoms with Gasteiger partial charge in [0.1, 0.15) is 29.4 Å². The monoisotopic (exact) mass is 636 g/mol. The smallest absolute Gasteiger partial charge is 0.316 e. The molecule has 1 aromatic carbocycles. The highest BCUT2D eigenvalue weighted by Crippen LogP contribution is 2.36. The van der Waals surface area contributed by atoms with E-state index in [1.807, 2.05) is 11.8 Å². The number of anilines is 1. The summed E-state index contributed by atoms with van der Waals surface area (Å²) >= 11 is 12.7. The predicted molar refractivity (Wildman–Crippen MR) is 161 cm³/mol. The lowest BCUT2D eigenvalue weighted by Crippen LogP contribution is -2.29. The first kappa shape index (κ1) is 32.3. The summed E-state index contributed by atoms with van der Waals surface area (Å²) in [6.45, 7) is 3.90. The first-order valence-corrected chi connectivity index (χ1v) is 14.1. The molecule has 230 valence electrons. The van der Waals surface area contributed by atoms with Crippen LogP contribution in [-0.4, -0.2) is 76.6 Å². The van der Waals surface area contributed by atoms with Gasteiger partial charge in [0, 0.05) is 48.6 Å². The van der Waals surface area contributed by atoms with Gasteiger partial charge in [-0.15, -0.1) is 0 Å². The number of aliphatic hydroxyl groups excluding tert-OH is 1. The van der Waals surface area contributed by atoms with E-state index in [1.165, 1.54) is 0 Å². The standard InChI is InChI=1S/C28H32Cl2F2N8O3/c1-14(25(30)33)23(35-4)24-15(2)27(40-10-16-8-36-28(37-21(16)11-40)43-13-22(31)32)39-26(38-24)19-7-18(5-6-20(19)29)42-12-17(41)9-34-3/h5-8,17,22,33-35,41H,9-13H2,1-4H3/b23-14-,33-25?/t17-/m1/s1. The zero-order valence-electron chi connectivity index (χ0n) is 24.0. The predicted octanol–water partition coefficient (Wildman–Crippen LogP) is 4.19. The molecule has 0 amide bonds. The number of fused-ring (bicyclic) bond motifs is 1. The van der Waals surface area contributed by atoms with Crippen LogP contribution in [0.5, 0.6) is 11.8 Å². The molecule has 3 aromatic rings. The Labute approximate surface area is 257 Å². The van der Waals surface area contributed by atoms with Crippen molar-refractivity contribution in [3.63, 3.8) is 0 Å². The zero-order chi connectivity index (χ0) is 31.3. The van der Waals surface area contributed by atoms with Gasteiger partial charge in [-0.2, -0.15) is 4.98 Å². The fourth-order valence-corrected chi connectivity index (χ4v) is 4.81. The van der Waals surface area contributed by atoms with Gasteiger partial charge in [0.2, 0.25) is 0 Å². The average molecular weight is 638 g/mol. The van der Waals surface area contributed by atoms with Crippen LogP contribution in [0.2, 0.25) is 5.02 Å². The van der Waals surface area contributed by atoms with Crippen molar-refractivity contribution in [2.45, 2.75) is 39.5 Å². The molecule has 15 heteroatoms. The van der Waals surface area contributed by atoms with Crippen LogP contribution >= 0.6 is 23.2 Å². The number of allylic oxidation sites excluding steroid dienone is 1. The first-order valence-electron chi connectivity index (χ1n) is 13.3. The summed E-state index contributed by atoms with van der Waals surface area (Å²) in [5, 5.41) is 24.3. The van der Waals surface area contributed by atoms with E-state index in [0.717, 1.165) is 5.56 Å². The van der Waals surface area contributed by atoms with Crippen molar-refractivity contribution in [2.75, 3.05) is 38.8 Å². The summed E-state index contributed by atoms with van der Waals surface area (Å²) in [5.41, 5.74) is 4.10. The fourth-order valence-electron chi connectivity index (χ4n) is 4.51. The molecule has 0 saturated carbocycles. The maximum absolute atomic E-state index is 12.6. The Morgan fingerprint density at radius 3 is 2.60 bits per heavy atom. The van der Waals surface area contributed by atoms with E-state index in [2.05, 4.69) is 20.6 Å². The minimum atomic E-state index is -2.64. The number of ether oxygens (including phenoxy) is 2. The van der Waals surface area contributed by atoms with Crippen molar-refractivity contribution in [3.8, 4) is 23.1 Å². The molecule has 0 radical (unpaired) electrons. The van der Waals surface area contributed by atoms with Crippen LogP contribution < -0.4 is 25.0 Å². The lowest BCUT2D eigenvalue weighted by atomic mass is 10.1. The van der Waals surface area contributed by atoms with Gasteiger partial charge in [-0.25, -0.2) is 23.7 Å². The topological polar surface area (TPSA) is 141 Å². The van der Waals surface area contributed by atoms with Crippen LogP contribution in [-0.2, 0) is 13.1 Å². The fraction of sp³-hybridized carbons (Fsp3) is 0.393. The van der Waals surface area contributed by atoms with Crippen molar-refractivity contribution in [2.24, 2.45) is 0 Å². The summed E-state index contributed by atoms with van der Waals surface area (Å²) in [6.07, 6.45) is -1.80.